The number of hydrogen-bond donors (Lipinski definition) is 1. The number of para-hydroxylation sites is 1. The zero-order chi connectivity index (χ0) is 15.6. The number of hydrogen-bond acceptors (Lipinski definition) is 4. The highest BCUT2D eigenvalue weighted by atomic mass is 32.2. The van der Waals surface area contributed by atoms with Crippen LogP contribution in [0.5, 0.6) is 0 Å². The average Bonchev–Trinajstić information content (AvgIpc) is 2.85. The number of amides is 1. The normalized spacial score (nSPS) is 11.2. The summed E-state index contributed by atoms with van der Waals surface area (Å²) >= 11 is 0. The third-order valence-corrected chi connectivity index (χ3v) is 4.01. The lowest BCUT2D eigenvalue weighted by Crippen LogP contribution is -2.24. The standard InChI is InChI=1S/C13H16N4O3S/c1-16(2)13(18)10-6-4-5-7-11(10)15-21(19,20)12-8-17(3)9-14-12/h4-9,15H,1-3H3. The van der Waals surface area contributed by atoms with Crippen molar-refractivity contribution in [1.29, 1.82) is 0 Å². The van der Waals surface area contributed by atoms with Gasteiger partial charge >= 0.3 is 0 Å². The largest absolute Gasteiger partial charge is 0.345 e. The van der Waals surface area contributed by atoms with E-state index in [1.165, 1.54) is 28.1 Å². The molecule has 112 valence electrons. The van der Waals surface area contributed by atoms with Crippen LogP contribution in [0.1, 0.15) is 10.4 Å². The third kappa shape index (κ3) is 3.22. The van der Waals surface area contributed by atoms with Gasteiger partial charge in [-0.3, -0.25) is 9.52 Å². The van der Waals surface area contributed by atoms with Crippen molar-refractivity contribution >= 4 is 21.6 Å². The Balaban J connectivity index is 2.38. The summed E-state index contributed by atoms with van der Waals surface area (Å²) in [7, 11) is 1.06. The second-order valence-corrected chi connectivity index (χ2v) is 6.36. The summed E-state index contributed by atoms with van der Waals surface area (Å²) in [5.41, 5.74) is 0.504. The van der Waals surface area contributed by atoms with Gasteiger partial charge < -0.3 is 9.47 Å². The van der Waals surface area contributed by atoms with Crippen molar-refractivity contribution in [3.8, 4) is 0 Å². The van der Waals surface area contributed by atoms with Crippen molar-refractivity contribution < 1.29 is 13.2 Å². The number of aromatic nitrogens is 2. The lowest BCUT2D eigenvalue weighted by atomic mass is 10.1. The van der Waals surface area contributed by atoms with Crippen molar-refractivity contribution in [3.63, 3.8) is 0 Å². The van der Waals surface area contributed by atoms with Crippen molar-refractivity contribution in [2.75, 3.05) is 18.8 Å². The van der Waals surface area contributed by atoms with E-state index in [0.29, 0.717) is 0 Å². The van der Waals surface area contributed by atoms with Gasteiger partial charge in [-0.15, -0.1) is 0 Å². The summed E-state index contributed by atoms with van der Waals surface area (Å²) in [6.07, 6.45) is 2.78. The van der Waals surface area contributed by atoms with Crippen LogP contribution < -0.4 is 4.72 Å². The van der Waals surface area contributed by atoms with Gasteiger partial charge in [-0.1, -0.05) is 12.1 Å². The Morgan fingerprint density at radius 3 is 2.52 bits per heavy atom. The van der Waals surface area contributed by atoms with Crippen molar-refractivity contribution in [2.45, 2.75) is 5.03 Å². The summed E-state index contributed by atoms with van der Waals surface area (Å²) in [5, 5.41) is -0.0999. The van der Waals surface area contributed by atoms with Gasteiger partial charge in [0.15, 0.2) is 5.03 Å². The molecule has 0 fully saturated rings. The Morgan fingerprint density at radius 1 is 1.29 bits per heavy atom. The first-order valence-electron chi connectivity index (χ1n) is 6.13. The minimum atomic E-state index is -3.83. The first-order chi connectivity index (χ1) is 9.81. The first-order valence-corrected chi connectivity index (χ1v) is 7.61. The highest BCUT2D eigenvalue weighted by molar-refractivity contribution is 7.92. The Labute approximate surface area is 123 Å². The predicted molar refractivity (Wildman–Crippen MR) is 78.5 cm³/mol. The smallest absolute Gasteiger partial charge is 0.280 e. The van der Waals surface area contributed by atoms with Crippen molar-refractivity contribution in [2.24, 2.45) is 7.05 Å². The number of aryl methyl sites for hydroxylation is 1. The molecule has 0 spiro atoms. The minimum Gasteiger partial charge on any atom is -0.345 e. The average molecular weight is 308 g/mol. The number of carbonyl (C=O) groups is 1. The third-order valence-electron chi connectivity index (χ3n) is 2.76. The molecule has 0 aliphatic rings. The minimum absolute atomic E-state index is 0.0999. The Morgan fingerprint density at radius 2 is 1.95 bits per heavy atom. The maximum Gasteiger partial charge on any atom is 0.280 e. The van der Waals surface area contributed by atoms with E-state index >= 15 is 0 Å². The number of rotatable bonds is 4. The Kier molecular flexibility index (Phi) is 3.99. The number of anilines is 1. The van der Waals surface area contributed by atoms with E-state index in [4.69, 9.17) is 0 Å². The highest BCUT2D eigenvalue weighted by Gasteiger charge is 2.21. The van der Waals surface area contributed by atoms with E-state index in [1.54, 1.807) is 39.3 Å². The second kappa shape index (κ2) is 5.57. The molecule has 0 aliphatic carbocycles. The van der Waals surface area contributed by atoms with E-state index in [0.717, 1.165) is 0 Å². The molecular weight excluding hydrogens is 292 g/mol. The molecule has 0 atom stereocenters. The van der Waals surface area contributed by atoms with Gasteiger partial charge in [0, 0.05) is 27.3 Å². The van der Waals surface area contributed by atoms with Gasteiger partial charge in [0.25, 0.3) is 15.9 Å². The molecule has 0 saturated heterocycles. The van der Waals surface area contributed by atoms with Crippen LogP contribution >= 0.6 is 0 Å². The van der Waals surface area contributed by atoms with E-state index in [2.05, 4.69) is 9.71 Å². The summed E-state index contributed by atoms with van der Waals surface area (Å²) < 4.78 is 28.4. The van der Waals surface area contributed by atoms with Crippen LogP contribution in [-0.2, 0) is 17.1 Å². The SMILES string of the molecule is CN(C)C(=O)c1ccccc1NS(=O)(=O)c1cn(C)cn1. The molecule has 0 bridgehead atoms. The van der Waals surface area contributed by atoms with Crippen LogP contribution in [-0.4, -0.2) is 42.9 Å². The molecule has 0 unspecified atom stereocenters. The van der Waals surface area contributed by atoms with Crippen LogP contribution in [0.15, 0.2) is 41.8 Å². The first kappa shape index (κ1) is 15.0. The van der Waals surface area contributed by atoms with Crippen molar-refractivity contribution in [1.82, 2.24) is 14.5 Å². The molecule has 8 heteroatoms. The molecule has 1 amide bonds. The lowest BCUT2D eigenvalue weighted by molar-refractivity contribution is 0.0828. The monoisotopic (exact) mass is 308 g/mol. The second-order valence-electron chi connectivity index (χ2n) is 4.73. The van der Waals surface area contributed by atoms with Crippen LogP contribution in [0.4, 0.5) is 5.69 Å². The molecule has 2 rings (SSSR count). The molecule has 0 aliphatic heterocycles. The molecule has 7 nitrogen and oxygen atoms in total. The van der Waals surface area contributed by atoms with Crippen LogP contribution in [0, 0.1) is 0 Å². The molecule has 0 radical (unpaired) electrons. The summed E-state index contributed by atoms with van der Waals surface area (Å²) in [6, 6.07) is 6.44. The molecule has 1 aromatic carbocycles. The quantitative estimate of drug-likeness (QED) is 0.910. The van der Waals surface area contributed by atoms with E-state index in [1.807, 2.05) is 0 Å². The molecule has 0 saturated carbocycles. The molecule has 1 aromatic heterocycles. The van der Waals surface area contributed by atoms with E-state index < -0.39 is 10.0 Å². The fourth-order valence-corrected chi connectivity index (χ4v) is 2.79. The number of carbonyl (C=O) groups excluding carboxylic acids is 1. The Bertz CT molecular complexity index is 765. The molecule has 2 aromatic rings. The van der Waals surface area contributed by atoms with Gasteiger partial charge in [0.2, 0.25) is 0 Å². The van der Waals surface area contributed by atoms with E-state index in [9.17, 15) is 13.2 Å². The zero-order valence-electron chi connectivity index (χ0n) is 11.9. The number of nitrogens with one attached hydrogen (secondary N) is 1. The van der Waals surface area contributed by atoms with Crippen LogP contribution in [0.3, 0.4) is 0 Å². The van der Waals surface area contributed by atoms with Gasteiger partial charge in [-0.25, -0.2) is 4.98 Å². The summed E-state index contributed by atoms with van der Waals surface area (Å²) in [6.45, 7) is 0. The zero-order valence-corrected chi connectivity index (χ0v) is 12.8. The van der Waals surface area contributed by atoms with Crippen molar-refractivity contribution in [3.05, 3.63) is 42.4 Å². The maximum absolute atomic E-state index is 12.2. The number of nitrogens with zero attached hydrogens (tertiary/aromatic N) is 3. The van der Waals surface area contributed by atoms with Gasteiger partial charge in [-0.2, -0.15) is 8.42 Å². The van der Waals surface area contributed by atoms with Gasteiger partial charge in [0.05, 0.1) is 17.6 Å². The molecular formula is C13H16N4O3S. The summed E-state index contributed by atoms with van der Waals surface area (Å²) in [5.74, 6) is -0.283. The summed E-state index contributed by atoms with van der Waals surface area (Å²) in [4.78, 5) is 17.3. The van der Waals surface area contributed by atoms with Gasteiger partial charge in [-0.05, 0) is 12.1 Å². The molecule has 1 heterocycles. The highest BCUT2D eigenvalue weighted by Crippen LogP contribution is 2.20. The fraction of sp³-hybridized carbons (Fsp3) is 0.231. The molecule has 21 heavy (non-hydrogen) atoms. The number of benzene rings is 1. The van der Waals surface area contributed by atoms with Gasteiger partial charge in [0.1, 0.15) is 0 Å². The van der Waals surface area contributed by atoms with Crippen LogP contribution in [0.2, 0.25) is 0 Å². The van der Waals surface area contributed by atoms with Crippen LogP contribution in [0.25, 0.3) is 0 Å². The molecule has 1 N–H and O–H groups in total. The topological polar surface area (TPSA) is 84.3 Å². The lowest BCUT2D eigenvalue weighted by Gasteiger charge is -2.14. The fourth-order valence-electron chi connectivity index (χ4n) is 1.72. The Hall–Kier alpha value is -2.35. The predicted octanol–water partition coefficient (Wildman–Crippen LogP) is 0.923. The number of imidazole rings is 1. The number of sulfonamides is 1. The maximum atomic E-state index is 12.2. The van der Waals surface area contributed by atoms with E-state index in [-0.39, 0.29) is 22.2 Å².